The second kappa shape index (κ2) is 8.11. The van der Waals surface area contributed by atoms with Crippen molar-refractivity contribution in [2.45, 2.75) is 24.7 Å². The van der Waals surface area contributed by atoms with Crippen LogP contribution in [-0.2, 0) is 21.7 Å². The molecule has 1 N–H and O–H groups in total. The molecule has 0 unspecified atom stereocenters. The smallest absolute Gasteiger partial charge is 0.322 e. The van der Waals surface area contributed by atoms with E-state index in [0.29, 0.717) is 10.7 Å². The first kappa shape index (κ1) is 20.0. The number of amides is 1. The van der Waals surface area contributed by atoms with Gasteiger partial charge in [0, 0.05) is 24.2 Å². The maximum Gasteiger partial charge on any atom is 0.322 e. The summed E-state index contributed by atoms with van der Waals surface area (Å²) in [6.07, 6.45) is 0.143. The van der Waals surface area contributed by atoms with Gasteiger partial charge in [-0.05, 0) is 43.7 Å². The van der Waals surface area contributed by atoms with E-state index < -0.39 is 15.7 Å². The van der Waals surface area contributed by atoms with Gasteiger partial charge in [0.05, 0.1) is 10.6 Å². The number of nitrogens with zero attached hydrogens (tertiary/aromatic N) is 4. The zero-order valence-electron chi connectivity index (χ0n) is 15.2. The molecule has 3 aromatic rings. The molecule has 11 heteroatoms. The summed E-state index contributed by atoms with van der Waals surface area (Å²) in [7, 11) is -1.69. The first-order valence-corrected chi connectivity index (χ1v) is 10.4. The van der Waals surface area contributed by atoms with E-state index in [1.54, 1.807) is 17.8 Å². The van der Waals surface area contributed by atoms with Crippen molar-refractivity contribution in [1.29, 1.82) is 0 Å². The molecule has 0 spiro atoms. The fraction of sp³-hybridized carbons (Fsp3) is 0.294. The minimum absolute atomic E-state index is 0.00672. The largest absolute Gasteiger partial charge is 0.401 e. The molecule has 0 aliphatic heterocycles. The van der Waals surface area contributed by atoms with Crippen LogP contribution in [0, 0.1) is 6.92 Å². The highest BCUT2D eigenvalue weighted by Gasteiger charge is 2.17. The summed E-state index contributed by atoms with van der Waals surface area (Å²) in [6.45, 7) is 1.88. The molecule has 0 saturated heterocycles. The van der Waals surface area contributed by atoms with E-state index in [2.05, 4.69) is 20.6 Å². The van der Waals surface area contributed by atoms with E-state index in [4.69, 9.17) is 16.0 Å². The first-order chi connectivity index (χ1) is 13.2. The Kier molecular flexibility index (Phi) is 5.80. The summed E-state index contributed by atoms with van der Waals surface area (Å²) in [5.41, 5.74) is 1.42. The Morgan fingerprint density at radius 2 is 1.96 bits per heavy atom. The van der Waals surface area contributed by atoms with E-state index in [9.17, 15) is 13.2 Å². The summed E-state index contributed by atoms with van der Waals surface area (Å²) in [6, 6.07) is 7.62. The highest BCUT2D eigenvalue weighted by molar-refractivity contribution is 7.91. The minimum atomic E-state index is -3.48. The van der Waals surface area contributed by atoms with E-state index in [1.165, 1.54) is 24.3 Å². The number of hydrogen-bond acceptors (Lipinski definition) is 7. The lowest BCUT2D eigenvalue weighted by Crippen LogP contribution is -2.14. The van der Waals surface area contributed by atoms with Crippen LogP contribution in [0.5, 0.6) is 0 Å². The molecule has 0 saturated carbocycles. The molecule has 1 amide bonds. The molecule has 28 heavy (non-hydrogen) atoms. The zero-order valence-corrected chi connectivity index (χ0v) is 16.8. The Bertz CT molecular complexity index is 1070. The average Bonchev–Trinajstić information content (AvgIpc) is 3.22. The number of rotatable bonds is 7. The SMILES string of the molecule is Cc1cc(-c2nnc(NC(=O)CCCS(=O)(=O)c3ccc(Cl)cc3)o2)nn1C. The van der Waals surface area contributed by atoms with Gasteiger partial charge in [-0.3, -0.25) is 14.8 Å². The summed E-state index contributed by atoms with van der Waals surface area (Å²) >= 11 is 5.76. The van der Waals surface area contributed by atoms with Crippen LogP contribution in [0.1, 0.15) is 18.5 Å². The number of sulfone groups is 1. The molecular weight excluding hydrogens is 406 g/mol. The van der Waals surface area contributed by atoms with Gasteiger partial charge in [0.2, 0.25) is 5.91 Å². The van der Waals surface area contributed by atoms with Crippen molar-refractivity contribution < 1.29 is 17.6 Å². The van der Waals surface area contributed by atoms with Gasteiger partial charge in [-0.25, -0.2) is 8.42 Å². The van der Waals surface area contributed by atoms with Gasteiger partial charge >= 0.3 is 6.01 Å². The zero-order chi connectivity index (χ0) is 20.3. The minimum Gasteiger partial charge on any atom is -0.401 e. The Labute approximate surface area is 166 Å². The Hall–Kier alpha value is -2.72. The standard InChI is InChI=1S/C17H18ClN5O4S/c1-11-10-14(22-23(11)2)16-20-21-17(27-16)19-15(24)4-3-9-28(25,26)13-7-5-12(18)6-8-13/h5-8,10H,3-4,9H2,1-2H3,(H,19,21,24). The molecule has 1 aromatic carbocycles. The number of nitrogens with one attached hydrogen (secondary N) is 1. The number of anilines is 1. The van der Waals surface area contributed by atoms with E-state index in [1.807, 2.05) is 6.92 Å². The van der Waals surface area contributed by atoms with Crippen LogP contribution in [0.4, 0.5) is 6.01 Å². The summed E-state index contributed by atoms with van der Waals surface area (Å²) < 4.78 is 31.5. The third-order valence-corrected chi connectivity index (χ3v) is 6.06. The number of halogens is 1. The number of aryl methyl sites for hydroxylation is 2. The summed E-state index contributed by atoms with van der Waals surface area (Å²) in [4.78, 5) is 12.2. The number of carbonyl (C=O) groups is 1. The Balaban J connectivity index is 1.53. The molecule has 0 atom stereocenters. The predicted molar refractivity (Wildman–Crippen MR) is 103 cm³/mol. The third-order valence-electron chi connectivity index (χ3n) is 3.99. The lowest BCUT2D eigenvalue weighted by atomic mass is 10.3. The fourth-order valence-corrected chi connectivity index (χ4v) is 3.84. The lowest BCUT2D eigenvalue weighted by Gasteiger charge is -2.04. The predicted octanol–water partition coefficient (Wildman–Crippen LogP) is 2.62. The van der Waals surface area contributed by atoms with Gasteiger partial charge in [-0.2, -0.15) is 5.10 Å². The quantitative estimate of drug-likeness (QED) is 0.620. The lowest BCUT2D eigenvalue weighted by molar-refractivity contribution is -0.116. The molecule has 0 aliphatic rings. The maximum absolute atomic E-state index is 12.2. The van der Waals surface area contributed by atoms with Crippen LogP contribution in [0.15, 0.2) is 39.6 Å². The molecule has 0 bridgehead atoms. The second-order valence-electron chi connectivity index (χ2n) is 6.13. The summed E-state index contributed by atoms with van der Waals surface area (Å²) in [5, 5.41) is 14.7. The van der Waals surface area contributed by atoms with Crippen LogP contribution >= 0.6 is 11.6 Å². The van der Waals surface area contributed by atoms with Gasteiger partial charge in [0.1, 0.15) is 5.69 Å². The van der Waals surface area contributed by atoms with Crippen LogP contribution in [0.25, 0.3) is 11.6 Å². The molecule has 0 radical (unpaired) electrons. The highest BCUT2D eigenvalue weighted by atomic mass is 35.5. The molecular formula is C17H18ClN5O4S. The van der Waals surface area contributed by atoms with Crippen molar-refractivity contribution in [3.8, 4) is 11.6 Å². The highest BCUT2D eigenvalue weighted by Crippen LogP contribution is 2.20. The maximum atomic E-state index is 12.2. The van der Waals surface area contributed by atoms with Gasteiger partial charge in [0.15, 0.2) is 9.84 Å². The van der Waals surface area contributed by atoms with Crippen LogP contribution in [-0.4, -0.2) is 40.1 Å². The fourth-order valence-electron chi connectivity index (χ4n) is 2.41. The molecule has 0 fully saturated rings. The number of aromatic nitrogens is 4. The topological polar surface area (TPSA) is 120 Å². The molecule has 0 aliphatic carbocycles. The van der Waals surface area contributed by atoms with Crippen LogP contribution in [0.3, 0.4) is 0 Å². The van der Waals surface area contributed by atoms with Crippen molar-refractivity contribution in [3.05, 3.63) is 41.0 Å². The monoisotopic (exact) mass is 423 g/mol. The molecule has 2 heterocycles. The van der Waals surface area contributed by atoms with E-state index >= 15 is 0 Å². The number of hydrogen-bond donors (Lipinski definition) is 1. The van der Waals surface area contributed by atoms with Gasteiger partial charge in [0.25, 0.3) is 5.89 Å². The van der Waals surface area contributed by atoms with Crippen molar-refractivity contribution in [3.63, 3.8) is 0 Å². The van der Waals surface area contributed by atoms with Crippen molar-refractivity contribution in [1.82, 2.24) is 20.0 Å². The number of carbonyl (C=O) groups excluding carboxylic acids is 1. The van der Waals surface area contributed by atoms with Crippen molar-refractivity contribution >= 4 is 33.4 Å². The Morgan fingerprint density at radius 1 is 1.25 bits per heavy atom. The number of benzene rings is 1. The normalized spacial score (nSPS) is 11.5. The van der Waals surface area contributed by atoms with Crippen LogP contribution < -0.4 is 5.32 Å². The molecule has 9 nitrogen and oxygen atoms in total. The third kappa shape index (κ3) is 4.76. The Morgan fingerprint density at radius 3 is 2.61 bits per heavy atom. The van der Waals surface area contributed by atoms with Crippen molar-refractivity contribution in [2.24, 2.45) is 7.05 Å². The second-order valence-corrected chi connectivity index (χ2v) is 8.68. The summed E-state index contributed by atoms with van der Waals surface area (Å²) in [5.74, 6) is -0.396. The van der Waals surface area contributed by atoms with E-state index in [-0.39, 0.29) is 35.4 Å². The van der Waals surface area contributed by atoms with Gasteiger partial charge in [-0.15, -0.1) is 5.10 Å². The van der Waals surface area contributed by atoms with Crippen molar-refractivity contribution in [2.75, 3.05) is 11.1 Å². The van der Waals surface area contributed by atoms with Gasteiger partial charge in [-0.1, -0.05) is 16.7 Å². The van der Waals surface area contributed by atoms with Crippen LogP contribution in [0.2, 0.25) is 5.02 Å². The van der Waals surface area contributed by atoms with E-state index in [0.717, 1.165) is 5.69 Å². The molecule has 3 rings (SSSR count). The van der Waals surface area contributed by atoms with Gasteiger partial charge < -0.3 is 4.42 Å². The average molecular weight is 424 g/mol. The molecule has 2 aromatic heterocycles. The molecule has 148 valence electrons. The first-order valence-electron chi connectivity index (χ1n) is 8.37.